The van der Waals surface area contributed by atoms with Gasteiger partial charge in [-0.15, -0.1) is 0 Å². The number of esters is 1. The van der Waals surface area contributed by atoms with Gasteiger partial charge in [-0.05, 0) is 18.4 Å². The summed E-state index contributed by atoms with van der Waals surface area (Å²) in [5.41, 5.74) is 0.939. The molecule has 0 fully saturated rings. The van der Waals surface area contributed by atoms with Crippen LogP contribution in [0.25, 0.3) is 0 Å². The van der Waals surface area contributed by atoms with Gasteiger partial charge < -0.3 is 9.84 Å². The molecule has 0 saturated carbocycles. The van der Waals surface area contributed by atoms with Crippen molar-refractivity contribution in [1.82, 2.24) is 4.72 Å². The van der Waals surface area contributed by atoms with E-state index in [2.05, 4.69) is 9.46 Å². The largest absolute Gasteiger partial charge is 0.469 e. The van der Waals surface area contributed by atoms with E-state index in [1.54, 1.807) is 0 Å². The molecule has 0 aliphatic carbocycles. The number of rotatable bonds is 9. The highest BCUT2D eigenvalue weighted by Gasteiger charge is 2.18. The van der Waals surface area contributed by atoms with Gasteiger partial charge in [0.15, 0.2) is 0 Å². The van der Waals surface area contributed by atoms with Crippen LogP contribution in [0.15, 0.2) is 30.3 Å². The lowest BCUT2D eigenvalue weighted by Crippen LogP contribution is -2.40. The maximum atomic E-state index is 11.9. The predicted octanol–water partition coefficient (Wildman–Crippen LogP) is 0.463. The van der Waals surface area contributed by atoms with E-state index in [1.807, 2.05) is 30.3 Å². The molecule has 118 valence electrons. The summed E-state index contributed by atoms with van der Waals surface area (Å²) in [6, 6.07) is 8.75. The van der Waals surface area contributed by atoms with Crippen LogP contribution in [0.2, 0.25) is 0 Å². The van der Waals surface area contributed by atoms with Crippen LogP contribution in [0.5, 0.6) is 0 Å². The molecule has 21 heavy (non-hydrogen) atoms. The highest BCUT2D eigenvalue weighted by atomic mass is 32.2. The Morgan fingerprint density at radius 3 is 2.57 bits per heavy atom. The van der Waals surface area contributed by atoms with Gasteiger partial charge in [0.05, 0.1) is 19.5 Å². The van der Waals surface area contributed by atoms with Crippen molar-refractivity contribution in [3.8, 4) is 0 Å². The Kier molecular flexibility index (Phi) is 7.35. The molecule has 0 saturated heterocycles. The van der Waals surface area contributed by atoms with Crippen LogP contribution in [0.1, 0.15) is 18.4 Å². The third kappa shape index (κ3) is 7.22. The van der Waals surface area contributed by atoms with Crippen LogP contribution >= 0.6 is 0 Å². The molecule has 1 aromatic rings. The number of aliphatic hydroxyl groups is 1. The quantitative estimate of drug-likeness (QED) is 0.646. The van der Waals surface area contributed by atoms with Crippen LogP contribution < -0.4 is 4.72 Å². The molecule has 1 atom stereocenters. The molecule has 0 amide bonds. The van der Waals surface area contributed by atoms with Crippen LogP contribution in [0.3, 0.4) is 0 Å². The van der Waals surface area contributed by atoms with Crippen LogP contribution in [-0.2, 0) is 26.0 Å². The number of sulfonamides is 1. The lowest BCUT2D eigenvalue weighted by molar-refractivity contribution is -0.140. The number of benzene rings is 1. The average molecular weight is 315 g/mol. The maximum absolute atomic E-state index is 11.9. The normalized spacial score (nSPS) is 12.9. The molecule has 1 rings (SSSR count). The van der Waals surface area contributed by atoms with Crippen molar-refractivity contribution in [3.05, 3.63) is 35.9 Å². The number of carbonyl (C=O) groups excluding carboxylic acids is 1. The summed E-state index contributed by atoms with van der Waals surface area (Å²) in [5, 5.41) is 9.30. The molecular weight excluding hydrogens is 294 g/mol. The molecular formula is C14H21NO5S. The number of methoxy groups -OCH3 is 1. The first kappa shape index (κ1) is 17.6. The van der Waals surface area contributed by atoms with E-state index < -0.39 is 22.0 Å². The number of aliphatic hydroxyl groups excluding tert-OH is 1. The van der Waals surface area contributed by atoms with Crippen molar-refractivity contribution in [2.24, 2.45) is 0 Å². The topological polar surface area (TPSA) is 92.7 Å². The van der Waals surface area contributed by atoms with E-state index in [4.69, 9.17) is 0 Å². The molecule has 0 bridgehead atoms. The van der Waals surface area contributed by atoms with Crippen LogP contribution in [-0.4, -0.2) is 45.0 Å². The van der Waals surface area contributed by atoms with Crippen molar-refractivity contribution in [2.45, 2.75) is 25.3 Å². The van der Waals surface area contributed by atoms with Gasteiger partial charge in [0.2, 0.25) is 10.0 Å². The molecule has 1 aromatic carbocycles. The fourth-order valence-corrected chi connectivity index (χ4v) is 3.17. The number of ether oxygens (including phenoxy) is 1. The van der Waals surface area contributed by atoms with Crippen molar-refractivity contribution in [1.29, 1.82) is 0 Å². The lowest BCUT2D eigenvalue weighted by Gasteiger charge is -2.16. The zero-order valence-electron chi connectivity index (χ0n) is 12.0. The molecule has 0 aromatic heterocycles. The van der Waals surface area contributed by atoms with Crippen molar-refractivity contribution in [3.63, 3.8) is 0 Å². The molecule has 1 unspecified atom stereocenters. The van der Waals surface area contributed by atoms with E-state index in [0.717, 1.165) is 5.56 Å². The van der Waals surface area contributed by atoms with Crippen molar-refractivity contribution < 1.29 is 23.1 Å². The van der Waals surface area contributed by atoms with E-state index >= 15 is 0 Å². The molecule has 2 N–H and O–H groups in total. The maximum Gasteiger partial charge on any atom is 0.305 e. The van der Waals surface area contributed by atoms with Crippen molar-refractivity contribution in [2.75, 3.05) is 19.5 Å². The van der Waals surface area contributed by atoms with E-state index in [0.29, 0.717) is 6.42 Å². The fraction of sp³-hybridized carbons (Fsp3) is 0.500. The Labute approximate surface area is 125 Å². The summed E-state index contributed by atoms with van der Waals surface area (Å²) in [5.74, 6) is -0.610. The Morgan fingerprint density at radius 1 is 1.33 bits per heavy atom. The van der Waals surface area contributed by atoms with Gasteiger partial charge in [-0.25, -0.2) is 13.1 Å². The van der Waals surface area contributed by atoms with Gasteiger partial charge >= 0.3 is 5.97 Å². The third-order valence-electron chi connectivity index (χ3n) is 2.91. The lowest BCUT2D eigenvalue weighted by atomic mass is 10.1. The second kappa shape index (κ2) is 8.76. The summed E-state index contributed by atoms with van der Waals surface area (Å²) >= 11 is 0. The predicted molar refractivity (Wildman–Crippen MR) is 79.2 cm³/mol. The summed E-state index contributed by atoms with van der Waals surface area (Å²) in [6.07, 6.45) is 0.652. The number of hydrogen-bond donors (Lipinski definition) is 2. The number of carbonyl (C=O) groups is 1. The molecule has 0 heterocycles. The number of hydrogen-bond acceptors (Lipinski definition) is 5. The molecule has 7 heteroatoms. The highest BCUT2D eigenvalue weighted by molar-refractivity contribution is 7.89. The van der Waals surface area contributed by atoms with Gasteiger partial charge in [0.25, 0.3) is 0 Å². The zero-order valence-corrected chi connectivity index (χ0v) is 12.8. The third-order valence-corrected chi connectivity index (χ3v) is 4.43. The Bertz CT molecular complexity index is 530. The monoisotopic (exact) mass is 315 g/mol. The number of nitrogens with one attached hydrogen (secondary N) is 1. The van der Waals surface area contributed by atoms with E-state index in [1.165, 1.54) is 7.11 Å². The standard InChI is InChI=1S/C14H21NO5S/c1-20-14(17)8-5-9-21(18,19)15-13(11-16)10-12-6-3-2-4-7-12/h2-4,6-7,13,15-16H,5,8-11H2,1H3. The summed E-state index contributed by atoms with van der Waals surface area (Å²) in [7, 11) is -2.27. The van der Waals surface area contributed by atoms with Gasteiger partial charge in [0, 0.05) is 12.5 Å². The first-order valence-electron chi connectivity index (χ1n) is 6.68. The summed E-state index contributed by atoms with van der Waals surface area (Å²) in [4.78, 5) is 10.9. The first-order chi connectivity index (χ1) is 9.96. The van der Waals surface area contributed by atoms with E-state index in [-0.39, 0.29) is 25.2 Å². The smallest absolute Gasteiger partial charge is 0.305 e. The molecule has 0 radical (unpaired) electrons. The SMILES string of the molecule is COC(=O)CCCS(=O)(=O)NC(CO)Cc1ccccc1. The zero-order chi connectivity index (χ0) is 15.7. The van der Waals surface area contributed by atoms with Gasteiger partial charge in [0.1, 0.15) is 0 Å². The van der Waals surface area contributed by atoms with Crippen LogP contribution in [0.4, 0.5) is 0 Å². The minimum absolute atomic E-state index is 0.0554. The Hall–Kier alpha value is -1.44. The average Bonchev–Trinajstić information content (AvgIpc) is 2.47. The van der Waals surface area contributed by atoms with Crippen LogP contribution in [0, 0.1) is 0 Å². The summed E-state index contributed by atoms with van der Waals surface area (Å²) < 4.78 is 30.7. The first-order valence-corrected chi connectivity index (χ1v) is 8.33. The minimum atomic E-state index is -3.53. The fourth-order valence-electron chi connectivity index (χ4n) is 1.86. The molecule has 6 nitrogen and oxygen atoms in total. The second-order valence-corrected chi connectivity index (χ2v) is 6.56. The van der Waals surface area contributed by atoms with Gasteiger partial charge in [-0.3, -0.25) is 4.79 Å². The molecule has 0 aliphatic heterocycles. The highest BCUT2D eigenvalue weighted by Crippen LogP contribution is 2.05. The summed E-state index contributed by atoms with van der Waals surface area (Å²) in [6.45, 7) is -0.287. The van der Waals surface area contributed by atoms with Gasteiger partial charge in [-0.2, -0.15) is 0 Å². The minimum Gasteiger partial charge on any atom is -0.469 e. The Morgan fingerprint density at radius 2 is 2.00 bits per heavy atom. The van der Waals surface area contributed by atoms with Crippen molar-refractivity contribution >= 4 is 16.0 Å². The Balaban J connectivity index is 2.49. The second-order valence-electron chi connectivity index (χ2n) is 4.69. The van der Waals surface area contributed by atoms with E-state index in [9.17, 15) is 18.3 Å². The van der Waals surface area contributed by atoms with Gasteiger partial charge in [-0.1, -0.05) is 30.3 Å². The molecule has 0 aliphatic rings. The molecule has 0 spiro atoms.